The molecular formula is C12H17N3O2. The Hall–Kier alpha value is -1.62. The summed E-state index contributed by atoms with van der Waals surface area (Å²) >= 11 is 0. The molecular weight excluding hydrogens is 218 g/mol. The van der Waals surface area contributed by atoms with E-state index < -0.39 is 0 Å². The topological polar surface area (TPSA) is 65.2 Å². The van der Waals surface area contributed by atoms with Crippen LogP contribution in [0.1, 0.15) is 23.2 Å². The predicted molar refractivity (Wildman–Crippen MR) is 65.0 cm³/mol. The zero-order valence-electron chi connectivity index (χ0n) is 9.90. The van der Waals surface area contributed by atoms with E-state index in [9.17, 15) is 9.59 Å². The van der Waals surface area contributed by atoms with Gasteiger partial charge in [0.1, 0.15) is 5.56 Å². The van der Waals surface area contributed by atoms with Crippen molar-refractivity contribution in [3.63, 3.8) is 0 Å². The van der Waals surface area contributed by atoms with Crippen LogP contribution in [0, 0.1) is 0 Å². The molecule has 1 aliphatic heterocycles. The number of aromatic nitrogens is 1. The van der Waals surface area contributed by atoms with Crippen molar-refractivity contribution in [2.75, 3.05) is 20.1 Å². The SMILES string of the molecule is CN(CC1CCCN1)C(=O)c1c[nH]ccc1=O. The minimum absolute atomic E-state index is 0.202. The minimum Gasteiger partial charge on any atom is -0.367 e. The van der Waals surface area contributed by atoms with Crippen molar-refractivity contribution >= 4 is 5.91 Å². The Bertz CT molecular complexity index is 449. The second kappa shape index (κ2) is 5.14. The summed E-state index contributed by atoms with van der Waals surface area (Å²) in [6.45, 7) is 1.66. The summed E-state index contributed by atoms with van der Waals surface area (Å²) in [4.78, 5) is 27.9. The number of carbonyl (C=O) groups is 1. The van der Waals surface area contributed by atoms with Crippen molar-refractivity contribution in [1.82, 2.24) is 15.2 Å². The molecule has 1 aliphatic rings. The fourth-order valence-electron chi connectivity index (χ4n) is 2.11. The maximum atomic E-state index is 12.0. The third-order valence-electron chi connectivity index (χ3n) is 3.06. The van der Waals surface area contributed by atoms with Crippen LogP contribution < -0.4 is 10.7 Å². The van der Waals surface area contributed by atoms with Gasteiger partial charge in [-0.3, -0.25) is 9.59 Å². The predicted octanol–water partition coefficient (Wildman–Crippen LogP) is 0.199. The lowest BCUT2D eigenvalue weighted by molar-refractivity contribution is 0.0782. The number of rotatable bonds is 3. The average molecular weight is 235 g/mol. The van der Waals surface area contributed by atoms with Crippen LogP contribution in [-0.4, -0.2) is 42.0 Å². The smallest absolute Gasteiger partial charge is 0.259 e. The van der Waals surface area contributed by atoms with E-state index in [0.717, 1.165) is 19.4 Å². The number of carbonyl (C=O) groups excluding carboxylic acids is 1. The van der Waals surface area contributed by atoms with E-state index >= 15 is 0 Å². The van der Waals surface area contributed by atoms with Crippen LogP contribution in [0.3, 0.4) is 0 Å². The lowest BCUT2D eigenvalue weighted by atomic mass is 10.2. The molecule has 92 valence electrons. The van der Waals surface area contributed by atoms with Crippen molar-refractivity contribution in [2.45, 2.75) is 18.9 Å². The first-order valence-corrected chi connectivity index (χ1v) is 5.84. The van der Waals surface area contributed by atoms with E-state index in [2.05, 4.69) is 10.3 Å². The zero-order valence-corrected chi connectivity index (χ0v) is 9.90. The minimum atomic E-state index is -0.236. The summed E-state index contributed by atoms with van der Waals surface area (Å²) < 4.78 is 0. The summed E-state index contributed by atoms with van der Waals surface area (Å²) in [5.41, 5.74) is -0.0343. The second-order valence-corrected chi connectivity index (χ2v) is 4.40. The van der Waals surface area contributed by atoms with E-state index in [1.165, 1.54) is 18.5 Å². The molecule has 1 aromatic rings. The number of hydrogen-bond acceptors (Lipinski definition) is 3. The Labute approximate surface area is 99.8 Å². The summed E-state index contributed by atoms with van der Waals surface area (Å²) in [5.74, 6) is -0.222. The largest absolute Gasteiger partial charge is 0.367 e. The number of likely N-dealkylation sites (N-methyl/N-ethyl adjacent to an activating group) is 1. The molecule has 5 heteroatoms. The number of nitrogens with zero attached hydrogens (tertiary/aromatic N) is 1. The van der Waals surface area contributed by atoms with Crippen LogP contribution in [0.5, 0.6) is 0 Å². The first kappa shape index (κ1) is 11.9. The maximum absolute atomic E-state index is 12.0. The molecule has 17 heavy (non-hydrogen) atoms. The highest BCUT2D eigenvalue weighted by Gasteiger charge is 2.20. The first-order valence-electron chi connectivity index (χ1n) is 5.84. The van der Waals surface area contributed by atoms with Crippen LogP contribution in [-0.2, 0) is 0 Å². The average Bonchev–Trinajstić information content (AvgIpc) is 2.81. The molecule has 1 amide bonds. The highest BCUT2D eigenvalue weighted by atomic mass is 16.2. The van der Waals surface area contributed by atoms with Gasteiger partial charge in [-0.1, -0.05) is 0 Å². The van der Waals surface area contributed by atoms with Crippen molar-refractivity contribution in [3.05, 3.63) is 34.2 Å². The van der Waals surface area contributed by atoms with Gasteiger partial charge >= 0.3 is 0 Å². The monoisotopic (exact) mass is 235 g/mol. The van der Waals surface area contributed by atoms with Crippen molar-refractivity contribution < 1.29 is 4.79 Å². The van der Waals surface area contributed by atoms with Gasteiger partial charge in [0.25, 0.3) is 5.91 Å². The Morgan fingerprint density at radius 2 is 2.41 bits per heavy atom. The van der Waals surface area contributed by atoms with Crippen LogP contribution in [0.4, 0.5) is 0 Å². The summed E-state index contributed by atoms with van der Waals surface area (Å²) in [6, 6.07) is 1.72. The quantitative estimate of drug-likeness (QED) is 0.786. The van der Waals surface area contributed by atoms with Crippen molar-refractivity contribution in [2.24, 2.45) is 0 Å². The summed E-state index contributed by atoms with van der Waals surface area (Å²) in [5, 5.41) is 3.33. The molecule has 2 N–H and O–H groups in total. The van der Waals surface area contributed by atoms with Crippen molar-refractivity contribution in [3.8, 4) is 0 Å². The number of H-pyrrole nitrogens is 1. The van der Waals surface area contributed by atoms with E-state index in [1.807, 2.05) is 0 Å². The number of hydrogen-bond donors (Lipinski definition) is 2. The lowest BCUT2D eigenvalue weighted by Crippen LogP contribution is -2.40. The molecule has 0 bridgehead atoms. The number of pyridine rings is 1. The highest BCUT2D eigenvalue weighted by molar-refractivity contribution is 5.93. The molecule has 1 atom stereocenters. The summed E-state index contributed by atoms with van der Waals surface area (Å²) in [6.07, 6.45) is 5.22. The van der Waals surface area contributed by atoms with Crippen LogP contribution in [0.2, 0.25) is 0 Å². The molecule has 0 radical (unpaired) electrons. The van der Waals surface area contributed by atoms with Gasteiger partial charge < -0.3 is 15.2 Å². The molecule has 1 aromatic heterocycles. The Balaban J connectivity index is 2.04. The van der Waals surface area contributed by atoms with Gasteiger partial charge in [0.05, 0.1) is 0 Å². The van der Waals surface area contributed by atoms with Gasteiger partial charge in [-0.15, -0.1) is 0 Å². The molecule has 1 unspecified atom stereocenters. The van der Waals surface area contributed by atoms with Gasteiger partial charge in [-0.05, 0) is 19.4 Å². The van der Waals surface area contributed by atoms with Crippen LogP contribution >= 0.6 is 0 Å². The maximum Gasteiger partial charge on any atom is 0.259 e. The van der Waals surface area contributed by atoms with E-state index in [1.54, 1.807) is 11.9 Å². The molecule has 0 spiro atoms. The van der Waals surface area contributed by atoms with Crippen LogP contribution in [0.15, 0.2) is 23.3 Å². The lowest BCUT2D eigenvalue weighted by Gasteiger charge is -2.21. The van der Waals surface area contributed by atoms with E-state index in [0.29, 0.717) is 12.6 Å². The first-order chi connectivity index (χ1) is 8.18. The van der Waals surface area contributed by atoms with Gasteiger partial charge in [0, 0.05) is 38.1 Å². The molecule has 0 aromatic carbocycles. The van der Waals surface area contributed by atoms with Gasteiger partial charge in [-0.25, -0.2) is 0 Å². The van der Waals surface area contributed by atoms with Crippen molar-refractivity contribution in [1.29, 1.82) is 0 Å². The fourth-order valence-corrected chi connectivity index (χ4v) is 2.11. The fraction of sp³-hybridized carbons (Fsp3) is 0.500. The molecule has 1 saturated heterocycles. The number of amides is 1. The highest BCUT2D eigenvalue weighted by Crippen LogP contribution is 2.07. The van der Waals surface area contributed by atoms with E-state index in [-0.39, 0.29) is 16.9 Å². The Kier molecular flexibility index (Phi) is 3.58. The number of nitrogens with one attached hydrogen (secondary N) is 2. The number of aromatic amines is 1. The van der Waals surface area contributed by atoms with E-state index in [4.69, 9.17) is 0 Å². The van der Waals surface area contributed by atoms with Gasteiger partial charge in [0.2, 0.25) is 0 Å². The third-order valence-corrected chi connectivity index (χ3v) is 3.06. The third kappa shape index (κ3) is 2.74. The van der Waals surface area contributed by atoms with Gasteiger partial charge in [0.15, 0.2) is 5.43 Å². The zero-order chi connectivity index (χ0) is 12.3. The molecule has 5 nitrogen and oxygen atoms in total. The van der Waals surface area contributed by atoms with Gasteiger partial charge in [-0.2, -0.15) is 0 Å². The Morgan fingerprint density at radius 1 is 1.59 bits per heavy atom. The molecule has 0 aliphatic carbocycles. The molecule has 1 fully saturated rings. The summed E-state index contributed by atoms with van der Waals surface area (Å²) in [7, 11) is 1.73. The van der Waals surface area contributed by atoms with Crippen LogP contribution in [0.25, 0.3) is 0 Å². The molecule has 0 saturated carbocycles. The second-order valence-electron chi connectivity index (χ2n) is 4.40. The molecule has 2 rings (SSSR count). The normalized spacial score (nSPS) is 19.2. The Morgan fingerprint density at radius 3 is 3.06 bits per heavy atom. The molecule has 2 heterocycles. The standard InChI is InChI=1S/C12H17N3O2/c1-15(8-9-3-2-5-14-9)12(17)10-7-13-6-4-11(10)16/h4,6-7,9,14H,2-3,5,8H2,1H3,(H,13,16).